The first-order valence-corrected chi connectivity index (χ1v) is 8.85. The number of nitrogens with zero attached hydrogens (tertiary/aromatic N) is 2. The van der Waals surface area contributed by atoms with E-state index in [0.29, 0.717) is 11.4 Å². The van der Waals surface area contributed by atoms with Crippen molar-refractivity contribution in [3.8, 4) is 0 Å². The third-order valence-corrected chi connectivity index (χ3v) is 6.82. The summed E-state index contributed by atoms with van der Waals surface area (Å²) in [5.41, 5.74) is 1.02. The number of sulfonamides is 1. The summed E-state index contributed by atoms with van der Waals surface area (Å²) in [4.78, 5) is 4.48. The Morgan fingerprint density at radius 3 is 2.75 bits per heavy atom. The maximum Gasteiger partial charge on any atom is 0.243 e. The van der Waals surface area contributed by atoms with E-state index < -0.39 is 10.0 Å². The largest absolute Gasteiger partial charge is 0.262 e. The monoisotopic (exact) mass is 294 g/mol. The third-order valence-electron chi connectivity index (χ3n) is 4.93. The summed E-state index contributed by atoms with van der Waals surface area (Å²) in [6.07, 6.45) is 7.13. The number of aromatic nitrogens is 1. The van der Waals surface area contributed by atoms with Crippen molar-refractivity contribution in [2.45, 2.75) is 56.9 Å². The lowest BCUT2D eigenvalue weighted by Crippen LogP contribution is -2.38. The van der Waals surface area contributed by atoms with Crippen molar-refractivity contribution in [2.75, 3.05) is 6.54 Å². The van der Waals surface area contributed by atoms with Crippen LogP contribution in [-0.2, 0) is 10.0 Å². The molecule has 2 fully saturated rings. The highest BCUT2D eigenvalue weighted by Gasteiger charge is 2.50. The van der Waals surface area contributed by atoms with Crippen LogP contribution in [0.15, 0.2) is 23.2 Å². The predicted molar refractivity (Wildman–Crippen MR) is 77.8 cm³/mol. The molecule has 1 aromatic rings. The molecule has 0 radical (unpaired) electrons. The standard InChI is InChI=1S/C15H22N2O2S/c1-3-13-10-15(6-4-7-15)11-17(13)20(18,19)14-5-8-16-12(2)9-14/h5,8-9,13H,3-4,6-7,10-11H2,1-2H3. The molecule has 4 nitrogen and oxygen atoms in total. The van der Waals surface area contributed by atoms with Crippen LogP contribution in [0.1, 0.15) is 44.7 Å². The topological polar surface area (TPSA) is 50.3 Å². The zero-order chi connectivity index (χ0) is 14.4. The molecular formula is C15H22N2O2S. The lowest BCUT2D eigenvalue weighted by atomic mass is 9.67. The van der Waals surface area contributed by atoms with E-state index in [4.69, 9.17) is 0 Å². The van der Waals surface area contributed by atoms with Crippen molar-refractivity contribution in [3.05, 3.63) is 24.0 Å². The van der Waals surface area contributed by atoms with Gasteiger partial charge in [0.05, 0.1) is 4.90 Å². The Morgan fingerprint density at radius 2 is 2.20 bits per heavy atom. The van der Waals surface area contributed by atoms with Crippen molar-refractivity contribution in [2.24, 2.45) is 5.41 Å². The molecular weight excluding hydrogens is 272 g/mol. The van der Waals surface area contributed by atoms with Gasteiger partial charge in [-0.25, -0.2) is 8.42 Å². The second-order valence-electron chi connectivity index (χ2n) is 6.30. The molecule has 1 saturated carbocycles. The first kappa shape index (κ1) is 14.0. The molecule has 2 heterocycles. The average Bonchev–Trinajstić information content (AvgIpc) is 2.79. The zero-order valence-corrected chi connectivity index (χ0v) is 13.0. The van der Waals surface area contributed by atoms with E-state index in [2.05, 4.69) is 11.9 Å². The summed E-state index contributed by atoms with van der Waals surface area (Å²) in [5.74, 6) is 0. The molecule has 0 bridgehead atoms. The van der Waals surface area contributed by atoms with Crippen molar-refractivity contribution in [1.29, 1.82) is 0 Å². The molecule has 20 heavy (non-hydrogen) atoms. The normalized spacial score (nSPS) is 25.8. The van der Waals surface area contributed by atoms with Gasteiger partial charge in [-0.05, 0) is 50.2 Å². The molecule has 110 valence electrons. The van der Waals surface area contributed by atoms with Crippen LogP contribution in [0.3, 0.4) is 0 Å². The smallest absolute Gasteiger partial charge is 0.243 e. The van der Waals surface area contributed by atoms with Crippen molar-refractivity contribution in [1.82, 2.24) is 9.29 Å². The second kappa shape index (κ2) is 4.81. The van der Waals surface area contributed by atoms with Crippen LogP contribution in [0.2, 0.25) is 0 Å². The van der Waals surface area contributed by atoms with E-state index in [1.54, 1.807) is 22.6 Å². The van der Waals surface area contributed by atoms with Crippen LogP contribution >= 0.6 is 0 Å². The molecule has 0 aromatic carbocycles. The van der Waals surface area contributed by atoms with E-state index in [1.807, 2.05) is 6.92 Å². The number of pyridine rings is 1. The van der Waals surface area contributed by atoms with Gasteiger partial charge in [-0.3, -0.25) is 4.98 Å². The van der Waals surface area contributed by atoms with Gasteiger partial charge in [0.25, 0.3) is 0 Å². The summed E-state index contributed by atoms with van der Waals surface area (Å²) in [7, 11) is -3.38. The minimum Gasteiger partial charge on any atom is -0.262 e. The Kier molecular flexibility index (Phi) is 3.37. The molecule has 0 N–H and O–H groups in total. The highest BCUT2D eigenvalue weighted by Crippen LogP contribution is 2.52. The molecule has 1 aliphatic heterocycles. The first-order valence-electron chi connectivity index (χ1n) is 7.41. The van der Waals surface area contributed by atoms with Gasteiger partial charge in [-0.1, -0.05) is 13.3 Å². The number of hydrogen-bond donors (Lipinski definition) is 0. The van der Waals surface area contributed by atoms with Crippen LogP contribution in [0.4, 0.5) is 0 Å². The van der Waals surface area contributed by atoms with E-state index in [-0.39, 0.29) is 11.5 Å². The maximum atomic E-state index is 12.9. The Morgan fingerprint density at radius 1 is 1.45 bits per heavy atom. The van der Waals surface area contributed by atoms with Gasteiger partial charge in [0, 0.05) is 24.5 Å². The van der Waals surface area contributed by atoms with E-state index in [0.717, 1.165) is 18.5 Å². The summed E-state index contributed by atoms with van der Waals surface area (Å²) >= 11 is 0. The fraction of sp³-hybridized carbons (Fsp3) is 0.667. The maximum absolute atomic E-state index is 12.9. The number of hydrogen-bond acceptors (Lipinski definition) is 3. The molecule has 1 saturated heterocycles. The predicted octanol–water partition coefficient (Wildman–Crippen LogP) is 2.73. The fourth-order valence-electron chi connectivity index (χ4n) is 3.61. The first-order chi connectivity index (χ1) is 9.47. The van der Waals surface area contributed by atoms with Gasteiger partial charge in [-0.15, -0.1) is 0 Å². The molecule has 1 spiro atoms. The summed E-state index contributed by atoms with van der Waals surface area (Å²) in [5, 5.41) is 0. The molecule has 5 heteroatoms. The number of rotatable bonds is 3. The summed E-state index contributed by atoms with van der Waals surface area (Å²) in [6.45, 7) is 4.62. The molecule has 1 unspecified atom stereocenters. The third kappa shape index (κ3) is 2.17. The fourth-order valence-corrected chi connectivity index (χ4v) is 5.49. The highest BCUT2D eigenvalue weighted by atomic mass is 32.2. The molecule has 3 rings (SSSR count). The Hall–Kier alpha value is -0.940. The van der Waals surface area contributed by atoms with Gasteiger partial charge >= 0.3 is 0 Å². The van der Waals surface area contributed by atoms with Crippen LogP contribution in [-0.4, -0.2) is 30.3 Å². The Labute approximate surface area is 121 Å². The molecule has 1 atom stereocenters. The minimum absolute atomic E-state index is 0.161. The second-order valence-corrected chi connectivity index (χ2v) is 8.19. The van der Waals surface area contributed by atoms with E-state index in [9.17, 15) is 8.42 Å². The molecule has 2 aliphatic rings. The minimum atomic E-state index is -3.38. The SMILES string of the molecule is CCC1CC2(CCC2)CN1S(=O)(=O)c1ccnc(C)c1. The van der Waals surface area contributed by atoms with Gasteiger partial charge in [-0.2, -0.15) is 4.31 Å². The van der Waals surface area contributed by atoms with Gasteiger partial charge in [0.1, 0.15) is 0 Å². The van der Waals surface area contributed by atoms with Gasteiger partial charge < -0.3 is 0 Å². The quantitative estimate of drug-likeness (QED) is 0.861. The van der Waals surface area contributed by atoms with Gasteiger partial charge in [0.2, 0.25) is 10.0 Å². The Balaban J connectivity index is 1.94. The van der Waals surface area contributed by atoms with Crippen LogP contribution < -0.4 is 0 Å². The van der Waals surface area contributed by atoms with Crippen LogP contribution in [0.5, 0.6) is 0 Å². The number of aryl methyl sites for hydroxylation is 1. The summed E-state index contributed by atoms with van der Waals surface area (Å²) < 4.78 is 27.5. The van der Waals surface area contributed by atoms with Crippen LogP contribution in [0.25, 0.3) is 0 Å². The van der Waals surface area contributed by atoms with Gasteiger partial charge in [0.15, 0.2) is 0 Å². The van der Waals surface area contributed by atoms with Crippen molar-refractivity contribution >= 4 is 10.0 Å². The molecule has 0 amide bonds. The van der Waals surface area contributed by atoms with Crippen LogP contribution in [0, 0.1) is 12.3 Å². The average molecular weight is 294 g/mol. The summed E-state index contributed by atoms with van der Waals surface area (Å²) in [6, 6.07) is 3.45. The van der Waals surface area contributed by atoms with Crippen molar-refractivity contribution in [3.63, 3.8) is 0 Å². The highest BCUT2D eigenvalue weighted by molar-refractivity contribution is 7.89. The molecule has 1 aliphatic carbocycles. The van der Waals surface area contributed by atoms with E-state index >= 15 is 0 Å². The molecule has 1 aromatic heterocycles. The van der Waals surface area contributed by atoms with E-state index in [1.165, 1.54) is 19.3 Å². The lowest BCUT2D eigenvalue weighted by Gasteiger charge is -2.38. The lowest BCUT2D eigenvalue weighted by molar-refractivity contribution is 0.152. The zero-order valence-electron chi connectivity index (χ0n) is 12.2. The Bertz CT molecular complexity index is 608. The van der Waals surface area contributed by atoms with Crippen molar-refractivity contribution < 1.29 is 8.42 Å².